The highest BCUT2D eigenvalue weighted by Gasteiger charge is 2.52. The van der Waals surface area contributed by atoms with Gasteiger partial charge in [0.1, 0.15) is 5.82 Å². The van der Waals surface area contributed by atoms with Crippen LogP contribution >= 0.6 is 0 Å². The highest BCUT2D eigenvalue weighted by atomic mass is 19.1. The molecule has 0 bridgehead atoms. The van der Waals surface area contributed by atoms with E-state index in [1.807, 2.05) is 30.0 Å². The Hall–Kier alpha value is -2.24. The van der Waals surface area contributed by atoms with Gasteiger partial charge in [-0.15, -0.1) is 0 Å². The van der Waals surface area contributed by atoms with Crippen LogP contribution in [0.5, 0.6) is 0 Å². The van der Waals surface area contributed by atoms with E-state index in [9.17, 15) is 9.18 Å². The largest absolute Gasteiger partial charge is 0.335 e. The number of amides is 1. The Labute approximate surface area is 158 Å². The summed E-state index contributed by atoms with van der Waals surface area (Å²) in [5, 5.41) is 1.87. The molecule has 140 valence electrons. The molecule has 27 heavy (non-hydrogen) atoms. The fourth-order valence-electron chi connectivity index (χ4n) is 5.09. The van der Waals surface area contributed by atoms with Crippen molar-refractivity contribution >= 4 is 5.91 Å². The summed E-state index contributed by atoms with van der Waals surface area (Å²) < 4.78 is 13.7. The van der Waals surface area contributed by atoms with Gasteiger partial charge >= 0.3 is 0 Å². The van der Waals surface area contributed by atoms with E-state index >= 15 is 0 Å². The number of fused-ring (bicyclic) bond motifs is 4. The van der Waals surface area contributed by atoms with Gasteiger partial charge in [-0.1, -0.05) is 24.3 Å². The van der Waals surface area contributed by atoms with Crippen molar-refractivity contribution in [1.29, 1.82) is 0 Å². The van der Waals surface area contributed by atoms with Crippen LogP contribution in [0.3, 0.4) is 0 Å². The van der Waals surface area contributed by atoms with Crippen molar-refractivity contribution in [3.63, 3.8) is 0 Å². The summed E-state index contributed by atoms with van der Waals surface area (Å²) in [6, 6.07) is 13.2. The van der Waals surface area contributed by atoms with E-state index in [0.717, 1.165) is 30.5 Å². The predicted octanol–water partition coefficient (Wildman–Crippen LogP) is 3.57. The first-order valence-electron chi connectivity index (χ1n) is 9.62. The Balaban J connectivity index is 1.55. The maximum absolute atomic E-state index is 13.7. The molecule has 4 atom stereocenters. The molecule has 4 nitrogen and oxygen atoms in total. The average Bonchev–Trinajstić information content (AvgIpc) is 2.95. The minimum Gasteiger partial charge on any atom is -0.335 e. The number of piperidine rings is 1. The molecule has 0 N–H and O–H groups in total. The zero-order valence-corrected chi connectivity index (χ0v) is 15.6. The van der Waals surface area contributed by atoms with E-state index in [1.165, 1.54) is 17.2 Å². The summed E-state index contributed by atoms with van der Waals surface area (Å²) in [5.41, 5.74) is 4.35. The second-order valence-electron chi connectivity index (χ2n) is 7.91. The summed E-state index contributed by atoms with van der Waals surface area (Å²) >= 11 is 0. The molecule has 0 saturated carbocycles. The summed E-state index contributed by atoms with van der Waals surface area (Å²) in [6.07, 6.45) is 1.66. The Bertz CT molecular complexity index is 915. The number of hydrogen-bond donors (Lipinski definition) is 0. The van der Waals surface area contributed by atoms with Crippen LogP contribution in [0.25, 0.3) is 11.1 Å². The van der Waals surface area contributed by atoms with Gasteiger partial charge < -0.3 is 4.90 Å². The summed E-state index contributed by atoms with van der Waals surface area (Å²) in [6.45, 7) is 2.74. The van der Waals surface area contributed by atoms with Crippen molar-refractivity contribution in [2.75, 3.05) is 13.6 Å². The molecule has 0 aliphatic carbocycles. The Morgan fingerprint density at radius 3 is 2.78 bits per heavy atom. The first-order valence-corrected chi connectivity index (χ1v) is 9.62. The number of halogens is 1. The molecule has 2 aromatic rings. The molecule has 2 aromatic carbocycles. The zero-order chi connectivity index (χ0) is 18.7. The number of carbonyl (C=O) groups excluding carboxylic acids is 1. The predicted molar refractivity (Wildman–Crippen MR) is 100 cm³/mol. The lowest BCUT2D eigenvalue weighted by atomic mass is 9.78. The maximum atomic E-state index is 13.7. The molecule has 3 aliphatic rings. The molecule has 3 heterocycles. The number of hydroxylamine groups is 2. The first kappa shape index (κ1) is 16.9. The Kier molecular flexibility index (Phi) is 3.85. The first-order chi connectivity index (χ1) is 13.0. The molecule has 0 aromatic heterocycles. The van der Waals surface area contributed by atoms with E-state index in [0.29, 0.717) is 0 Å². The second-order valence-corrected chi connectivity index (χ2v) is 7.91. The molecule has 0 unspecified atom stereocenters. The van der Waals surface area contributed by atoms with Crippen LogP contribution in [-0.2, 0) is 16.1 Å². The quantitative estimate of drug-likeness (QED) is 0.774. The van der Waals surface area contributed by atoms with E-state index < -0.39 is 0 Å². The molecule has 1 amide bonds. The van der Waals surface area contributed by atoms with Crippen LogP contribution < -0.4 is 0 Å². The maximum Gasteiger partial charge on any atom is 0.230 e. The van der Waals surface area contributed by atoms with E-state index in [4.69, 9.17) is 4.84 Å². The highest BCUT2D eigenvalue weighted by molar-refractivity contribution is 5.82. The molecule has 2 fully saturated rings. The molecule has 0 spiro atoms. The van der Waals surface area contributed by atoms with E-state index in [1.54, 1.807) is 12.1 Å². The van der Waals surface area contributed by atoms with Crippen LogP contribution in [0.1, 0.15) is 30.5 Å². The average molecular weight is 366 g/mol. The third-order valence-corrected chi connectivity index (χ3v) is 6.41. The van der Waals surface area contributed by atoms with E-state index in [2.05, 4.69) is 18.2 Å². The van der Waals surface area contributed by atoms with Gasteiger partial charge in [0.25, 0.3) is 0 Å². The summed E-state index contributed by atoms with van der Waals surface area (Å²) in [4.78, 5) is 21.0. The monoisotopic (exact) mass is 366 g/mol. The fourth-order valence-corrected chi connectivity index (χ4v) is 5.09. The minimum atomic E-state index is -0.235. The third-order valence-electron chi connectivity index (χ3n) is 6.41. The van der Waals surface area contributed by atoms with Crippen LogP contribution in [-0.4, -0.2) is 41.6 Å². The molecular weight excluding hydrogens is 343 g/mol. The van der Waals surface area contributed by atoms with Gasteiger partial charge in [0.05, 0.1) is 24.1 Å². The van der Waals surface area contributed by atoms with Crippen molar-refractivity contribution in [2.45, 2.75) is 38.0 Å². The summed E-state index contributed by atoms with van der Waals surface area (Å²) in [7, 11) is 1.93. The lowest BCUT2D eigenvalue weighted by Gasteiger charge is -2.45. The molecule has 2 saturated heterocycles. The van der Waals surface area contributed by atoms with E-state index in [-0.39, 0.29) is 35.8 Å². The third kappa shape index (κ3) is 2.60. The number of hydrogen-bond acceptors (Lipinski definition) is 3. The van der Waals surface area contributed by atoms with Crippen molar-refractivity contribution in [3.05, 3.63) is 59.4 Å². The number of benzene rings is 2. The molecular formula is C22H23FN2O2. The van der Waals surface area contributed by atoms with Gasteiger partial charge in [0.2, 0.25) is 5.91 Å². The highest BCUT2D eigenvalue weighted by Crippen LogP contribution is 2.45. The smallest absolute Gasteiger partial charge is 0.230 e. The van der Waals surface area contributed by atoms with Gasteiger partial charge in [0.15, 0.2) is 0 Å². The molecule has 0 radical (unpaired) electrons. The SMILES string of the molecule is C[C@@H]1ON(C)[C@H]2C[C@H]3c4cc(-c5cccc(F)c5)ccc4CCN3C(=O)[C@@H]12. The van der Waals surface area contributed by atoms with Crippen molar-refractivity contribution in [3.8, 4) is 11.1 Å². The fraction of sp³-hybridized carbons (Fsp3) is 0.409. The standard InChI is InChI=1S/C22H23FN2O2/c1-13-21-20(24(2)27-13)12-19-18-11-16(15-4-3-5-17(23)10-15)7-6-14(18)8-9-25(19)22(21)26/h3-7,10-11,13,19-21H,8-9,12H2,1-2H3/t13-,19-,20-,21-/m0/s1. The van der Waals surface area contributed by atoms with Crippen molar-refractivity contribution in [1.82, 2.24) is 9.96 Å². The van der Waals surface area contributed by atoms with Gasteiger partial charge in [-0.3, -0.25) is 9.63 Å². The van der Waals surface area contributed by atoms with Gasteiger partial charge in [0, 0.05) is 13.6 Å². The van der Waals surface area contributed by atoms with Crippen LogP contribution in [0.15, 0.2) is 42.5 Å². The van der Waals surface area contributed by atoms with Gasteiger partial charge in [-0.25, -0.2) is 4.39 Å². The minimum absolute atomic E-state index is 0.0624. The number of carbonyl (C=O) groups is 1. The van der Waals surface area contributed by atoms with Gasteiger partial charge in [-0.2, -0.15) is 5.06 Å². The number of nitrogens with zero attached hydrogens (tertiary/aromatic N) is 2. The van der Waals surface area contributed by atoms with Crippen molar-refractivity contribution in [2.24, 2.45) is 5.92 Å². The molecule has 5 heteroatoms. The number of rotatable bonds is 1. The summed E-state index contributed by atoms with van der Waals surface area (Å²) in [5.74, 6) is -0.115. The zero-order valence-electron chi connectivity index (χ0n) is 15.6. The molecule has 3 aliphatic heterocycles. The van der Waals surface area contributed by atoms with Gasteiger partial charge in [-0.05, 0) is 60.2 Å². The molecule has 5 rings (SSSR count). The second kappa shape index (κ2) is 6.14. The van der Waals surface area contributed by atoms with Crippen LogP contribution in [0, 0.1) is 11.7 Å². The lowest BCUT2D eigenvalue weighted by Crippen LogP contribution is -2.54. The van der Waals surface area contributed by atoms with Crippen molar-refractivity contribution < 1.29 is 14.0 Å². The van der Waals surface area contributed by atoms with Crippen LogP contribution in [0.2, 0.25) is 0 Å². The normalized spacial score (nSPS) is 30.0. The lowest BCUT2D eigenvalue weighted by molar-refractivity contribution is -0.145. The Morgan fingerprint density at radius 1 is 1.15 bits per heavy atom. The van der Waals surface area contributed by atoms with Crippen LogP contribution in [0.4, 0.5) is 4.39 Å². The Morgan fingerprint density at radius 2 is 1.96 bits per heavy atom. The topological polar surface area (TPSA) is 32.8 Å².